The van der Waals surface area contributed by atoms with Crippen molar-refractivity contribution in [3.63, 3.8) is 0 Å². The average Bonchev–Trinajstić information content (AvgIpc) is 3.08. The van der Waals surface area contributed by atoms with Crippen LogP contribution in [0, 0.1) is 0 Å². The average molecular weight is 501 g/mol. The molecule has 3 N–H and O–H groups in total. The summed E-state index contributed by atoms with van der Waals surface area (Å²) in [6.45, 7) is 9.06. The van der Waals surface area contributed by atoms with Crippen molar-refractivity contribution < 1.29 is 9.32 Å². The summed E-state index contributed by atoms with van der Waals surface area (Å²) in [6, 6.07) is 5.50. The topological polar surface area (TPSA) is 117 Å². The van der Waals surface area contributed by atoms with Crippen molar-refractivity contribution in [1.82, 2.24) is 31.1 Å². The molecule has 0 radical (unpaired) electrons. The number of nitrogens with zero attached hydrogens (tertiary/aromatic N) is 4. The standard InChI is InChI=1S/C18H27N7O2.HI/c1-5-19-17(22-12-15(26)24-18(2,3)4)21-11-9-14-23-16(27-25-14)13-8-6-7-10-20-13;/h6-8,10H,5,9,11-12H2,1-4H3,(H,24,26)(H2,19,21,22);1H. The van der Waals surface area contributed by atoms with Crippen LogP contribution in [-0.4, -0.2) is 52.2 Å². The third-order valence-corrected chi connectivity index (χ3v) is 3.23. The van der Waals surface area contributed by atoms with Crippen molar-refractivity contribution in [2.24, 2.45) is 4.99 Å². The highest BCUT2D eigenvalue weighted by molar-refractivity contribution is 14.0. The van der Waals surface area contributed by atoms with E-state index in [9.17, 15) is 4.79 Å². The molecule has 2 aromatic rings. The Labute approximate surface area is 182 Å². The van der Waals surface area contributed by atoms with Gasteiger partial charge >= 0.3 is 0 Å². The molecule has 1 amide bonds. The van der Waals surface area contributed by atoms with E-state index in [2.05, 4.69) is 36.1 Å². The van der Waals surface area contributed by atoms with Crippen molar-refractivity contribution >= 4 is 35.8 Å². The number of amides is 1. The number of carbonyl (C=O) groups is 1. The van der Waals surface area contributed by atoms with Crippen LogP contribution in [0.3, 0.4) is 0 Å². The van der Waals surface area contributed by atoms with Gasteiger partial charge in [0.25, 0.3) is 5.89 Å². The highest BCUT2D eigenvalue weighted by Gasteiger charge is 2.13. The van der Waals surface area contributed by atoms with E-state index in [1.165, 1.54) is 0 Å². The van der Waals surface area contributed by atoms with Gasteiger partial charge in [-0.3, -0.25) is 9.78 Å². The minimum Gasteiger partial charge on any atom is -0.357 e. The normalized spacial score (nSPS) is 11.5. The zero-order valence-corrected chi connectivity index (χ0v) is 19.0. The lowest BCUT2D eigenvalue weighted by Gasteiger charge is -2.20. The molecule has 0 aliphatic rings. The number of pyridine rings is 1. The van der Waals surface area contributed by atoms with E-state index >= 15 is 0 Å². The first-order valence-corrected chi connectivity index (χ1v) is 8.94. The molecule has 0 aromatic carbocycles. The van der Waals surface area contributed by atoms with E-state index in [4.69, 9.17) is 4.52 Å². The maximum atomic E-state index is 11.9. The van der Waals surface area contributed by atoms with Crippen molar-refractivity contribution in [1.29, 1.82) is 0 Å². The molecule has 0 atom stereocenters. The molecule has 154 valence electrons. The quantitative estimate of drug-likeness (QED) is 0.301. The maximum absolute atomic E-state index is 11.9. The Morgan fingerprint density at radius 1 is 1.25 bits per heavy atom. The van der Waals surface area contributed by atoms with E-state index < -0.39 is 0 Å². The third-order valence-electron chi connectivity index (χ3n) is 3.23. The largest absolute Gasteiger partial charge is 0.357 e. The Morgan fingerprint density at radius 3 is 2.68 bits per heavy atom. The van der Waals surface area contributed by atoms with Crippen LogP contribution in [0.25, 0.3) is 11.6 Å². The number of halogens is 1. The van der Waals surface area contributed by atoms with E-state index in [0.717, 1.165) is 0 Å². The summed E-state index contributed by atoms with van der Waals surface area (Å²) < 4.78 is 5.23. The van der Waals surface area contributed by atoms with Gasteiger partial charge in [0.1, 0.15) is 12.2 Å². The molecule has 2 aromatic heterocycles. The van der Waals surface area contributed by atoms with E-state index in [0.29, 0.717) is 42.9 Å². The molecule has 0 bridgehead atoms. The Hall–Kier alpha value is -2.24. The zero-order chi connectivity index (χ0) is 19.7. The molecule has 0 aliphatic carbocycles. The van der Waals surface area contributed by atoms with Crippen LogP contribution in [0.1, 0.15) is 33.5 Å². The minimum atomic E-state index is -0.275. The first kappa shape index (κ1) is 23.8. The lowest BCUT2D eigenvalue weighted by atomic mass is 10.1. The van der Waals surface area contributed by atoms with Gasteiger partial charge in [-0.15, -0.1) is 24.0 Å². The molecular weight excluding hydrogens is 473 g/mol. The second-order valence-electron chi connectivity index (χ2n) is 6.90. The van der Waals surface area contributed by atoms with Crippen LogP contribution in [0.15, 0.2) is 33.9 Å². The fraction of sp³-hybridized carbons (Fsp3) is 0.500. The summed E-state index contributed by atoms with van der Waals surface area (Å²) >= 11 is 0. The molecule has 0 saturated heterocycles. The van der Waals surface area contributed by atoms with E-state index in [1.807, 2.05) is 45.9 Å². The molecule has 10 heteroatoms. The Bertz CT molecular complexity index is 757. The summed E-state index contributed by atoms with van der Waals surface area (Å²) in [7, 11) is 0. The summed E-state index contributed by atoms with van der Waals surface area (Å²) in [4.78, 5) is 24.7. The number of hydrogen-bond donors (Lipinski definition) is 3. The SMILES string of the molecule is CCNC(=NCC(=O)NC(C)(C)C)NCCc1noc(-c2ccccn2)n1.I. The molecule has 0 unspecified atom stereocenters. The fourth-order valence-electron chi connectivity index (χ4n) is 2.19. The monoisotopic (exact) mass is 501 g/mol. The van der Waals surface area contributed by atoms with Gasteiger partial charge in [0, 0.05) is 31.2 Å². The van der Waals surface area contributed by atoms with Crippen molar-refractivity contribution in [2.75, 3.05) is 19.6 Å². The van der Waals surface area contributed by atoms with Gasteiger partial charge in [0.2, 0.25) is 5.91 Å². The summed E-state index contributed by atoms with van der Waals surface area (Å²) in [6.07, 6.45) is 2.23. The van der Waals surface area contributed by atoms with Crippen molar-refractivity contribution in [3.8, 4) is 11.6 Å². The van der Waals surface area contributed by atoms with Crippen molar-refractivity contribution in [3.05, 3.63) is 30.2 Å². The Balaban J connectivity index is 0.00000392. The first-order chi connectivity index (χ1) is 12.9. The number of aromatic nitrogens is 3. The predicted octanol–water partition coefficient (Wildman–Crippen LogP) is 1.76. The van der Waals surface area contributed by atoms with Crippen LogP contribution in [-0.2, 0) is 11.2 Å². The fourth-order valence-corrected chi connectivity index (χ4v) is 2.19. The van der Waals surface area contributed by atoms with Gasteiger partial charge in [-0.1, -0.05) is 11.2 Å². The van der Waals surface area contributed by atoms with Gasteiger partial charge in [0.15, 0.2) is 11.8 Å². The molecule has 28 heavy (non-hydrogen) atoms. The van der Waals surface area contributed by atoms with E-state index in [-0.39, 0.29) is 42.0 Å². The number of hydrogen-bond acceptors (Lipinski definition) is 6. The summed E-state index contributed by atoms with van der Waals surface area (Å²) in [5.74, 6) is 1.40. The number of carbonyl (C=O) groups excluding carboxylic acids is 1. The van der Waals surface area contributed by atoms with Crippen molar-refractivity contribution in [2.45, 2.75) is 39.7 Å². The highest BCUT2D eigenvalue weighted by Crippen LogP contribution is 2.13. The lowest BCUT2D eigenvalue weighted by molar-refractivity contribution is -0.121. The van der Waals surface area contributed by atoms with Gasteiger partial charge in [0.05, 0.1) is 0 Å². The lowest BCUT2D eigenvalue weighted by Crippen LogP contribution is -2.43. The Kier molecular flexibility index (Phi) is 9.83. The molecule has 0 aliphatic heterocycles. The molecule has 9 nitrogen and oxygen atoms in total. The highest BCUT2D eigenvalue weighted by atomic mass is 127. The zero-order valence-electron chi connectivity index (χ0n) is 16.7. The molecule has 2 rings (SSSR count). The molecule has 0 spiro atoms. The molecule has 2 heterocycles. The summed E-state index contributed by atoms with van der Waals surface area (Å²) in [5.41, 5.74) is 0.367. The predicted molar refractivity (Wildman–Crippen MR) is 119 cm³/mol. The van der Waals surface area contributed by atoms with Crippen LogP contribution < -0.4 is 16.0 Å². The van der Waals surface area contributed by atoms with Gasteiger partial charge in [-0.2, -0.15) is 4.98 Å². The van der Waals surface area contributed by atoms with Crippen LogP contribution in [0.5, 0.6) is 0 Å². The van der Waals surface area contributed by atoms with Crippen LogP contribution in [0.2, 0.25) is 0 Å². The van der Waals surface area contributed by atoms with Crippen LogP contribution >= 0.6 is 24.0 Å². The minimum absolute atomic E-state index is 0. The van der Waals surface area contributed by atoms with Gasteiger partial charge in [-0.05, 0) is 39.8 Å². The van der Waals surface area contributed by atoms with Crippen LogP contribution in [0.4, 0.5) is 0 Å². The van der Waals surface area contributed by atoms with Gasteiger partial charge in [-0.25, -0.2) is 4.99 Å². The smallest absolute Gasteiger partial charge is 0.276 e. The van der Waals surface area contributed by atoms with E-state index in [1.54, 1.807) is 6.20 Å². The summed E-state index contributed by atoms with van der Waals surface area (Å²) in [5, 5.41) is 13.1. The number of guanidine groups is 1. The second kappa shape index (κ2) is 11.6. The first-order valence-electron chi connectivity index (χ1n) is 8.94. The van der Waals surface area contributed by atoms with Gasteiger partial charge < -0.3 is 20.5 Å². The molecule has 0 saturated carbocycles. The second-order valence-corrected chi connectivity index (χ2v) is 6.90. The maximum Gasteiger partial charge on any atom is 0.276 e. The Morgan fingerprint density at radius 2 is 2.04 bits per heavy atom. The number of aliphatic imine (C=N–C) groups is 1. The number of nitrogens with one attached hydrogen (secondary N) is 3. The number of rotatable bonds is 7. The third kappa shape index (κ3) is 8.63. The molecular formula is C18H28IN7O2. The molecule has 0 fully saturated rings.